The summed E-state index contributed by atoms with van der Waals surface area (Å²) in [5.74, 6) is 0.799. The van der Waals surface area contributed by atoms with Crippen molar-refractivity contribution < 1.29 is 9.21 Å². The predicted octanol–water partition coefficient (Wildman–Crippen LogP) is 4.44. The first-order valence-corrected chi connectivity index (χ1v) is 6.56. The molecule has 0 atom stereocenters. The summed E-state index contributed by atoms with van der Waals surface area (Å²) in [6.45, 7) is 4.55. The molecule has 0 bridgehead atoms. The van der Waals surface area contributed by atoms with Gasteiger partial charge in [-0.15, -0.1) is 0 Å². The monoisotopic (exact) mass is 284 g/mol. The Morgan fingerprint density at radius 2 is 2.06 bits per heavy atom. The van der Waals surface area contributed by atoms with Crippen LogP contribution in [-0.2, 0) is 0 Å². The summed E-state index contributed by atoms with van der Waals surface area (Å²) in [4.78, 5) is 12.2. The van der Waals surface area contributed by atoms with Crippen LogP contribution in [0.3, 0.4) is 0 Å². The van der Waals surface area contributed by atoms with Crippen LogP contribution in [-0.4, -0.2) is 5.78 Å². The molecule has 1 saturated carbocycles. The molecule has 0 amide bonds. The highest BCUT2D eigenvalue weighted by Gasteiger charge is 2.32. The van der Waals surface area contributed by atoms with Crippen molar-refractivity contribution in [2.45, 2.75) is 39.5 Å². The van der Waals surface area contributed by atoms with Crippen LogP contribution in [0.4, 0.5) is 0 Å². The van der Waals surface area contributed by atoms with Crippen molar-refractivity contribution in [1.82, 2.24) is 0 Å². The average Bonchev–Trinajstić information content (AvgIpc) is 2.63. The van der Waals surface area contributed by atoms with E-state index in [4.69, 9.17) is 4.42 Å². The second kappa shape index (κ2) is 4.36. The molecule has 2 nitrogen and oxygen atoms in total. The molecule has 1 aliphatic carbocycles. The number of rotatable bonds is 2. The van der Waals surface area contributed by atoms with Crippen molar-refractivity contribution in [3.63, 3.8) is 0 Å². The third kappa shape index (κ3) is 2.40. The maximum absolute atomic E-state index is 12.2. The summed E-state index contributed by atoms with van der Waals surface area (Å²) in [5, 5.41) is 0. The molecule has 1 aromatic rings. The zero-order valence-electron chi connectivity index (χ0n) is 9.75. The van der Waals surface area contributed by atoms with Gasteiger partial charge in [-0.05, 0) is 53.1 Å². The SMILES string of the molecule is CC1(C)CCC(C(=O)c2occc2Br)CC1. The van der Waals surface area contributed by atoms with Gasteiger partial charge in [0, 0.05) is 5.92 Å². The molecule has 16 heavy (non-hydrogen) atoms. The number of hydrogen-bond donors (Lipinski definition) is 0. The molecule has 88 valence electrons. The van der Waals surface area contributed by atoms with Gasteiger partial charge in [-0.1, -0.05) is 13.8 Å². The lowest BCUT2D eigenvalue weighted by Gasteiger charge is -2.33. The fourth-order valence-electron chi connectivity index (χ4n) is 2.32. The van der Waals surface area contributed by atoms with Crippen LogP contribution >= 0.6 is 15.9 Å². The minimum atomic E-state index is 0.149. The minimum Gasteiger partial charge on any atom is -0.460 e. The Balaban J connectivity index is 2.05. The van der Waals surface area contributed by atoms with Gasteiger partial charge < -0.3 is 4.42 Å². The summed E-state index contributed by atoms with van der Waals surface area (Å²) < 4.78 is 6.01. The van der Waals surface area contributed by atoms with Gasteiger partial charge in [0.2, 0.25) is 5.78 Å². The summed E-state index contributed by atoms with van der Waals surface area (Å²) in [6, 6.07) is 1.78. The fourth-order valence-corrected chi connectivity index (χ4v) is 2.71. The van der Waals surface area contributed by atoms with Crippen molar-refractivity contribution in [1.29, 1.82) is 0 Å². The van der Waals surface area contributed by atoms with Gasteiger partial charge in [-0.25, -0.2) is 0 Å². The number of carbonyl (C=O) groups is 1. The molecular formula is C13H17BrO2. The molecule has 1 heterocycles. The Hall–Kier alpha value is -0.570. The topological polar surface area (TPSA) is 30.2 Å². The van der Waals surface area contributed by atoms with Crippen LogP contribution in [0.5, 0.6) is 0 Å². The first kappa shape index (κ1) is 11.9. The zero-order valence-corrected chi connectivity index (χ0v) is 11.3. The highest BCUT2D eigenvalue weighted by atomic mass is 79.9. The summed E-state index contributed by atoms with van der Waals surface area (Å²) in [7, 11) is 0. The first-order chi connectivity index (χ1) is 7.49. The van der Waals surface area contributed by atoms with Crippen LogP contribution in [0.25, 0.3) is 0 Å². The van der Waals surface area contributed by atoms with E-state index < -0.39 is 0 Å². The Bertz CT molecular complexity index is 382. The Kier molecular flexibility index (Phi) is 3.24. The third-order valence-corrected chi connectivity index (χ3v) is 4.18. The molecule has 0 spiro atoms. The second-order valence-electron chi connectivity index (χ2n) is 5.40. The molecule has 1 fully saturated rings. The van der Waals surface area contributed by atoms with Crippen LogP contribution < -0.4 is 0 Å². The molecule has 0 saturated heterocycles. The lowest BCUT2D eigenvalue weighted by molar-refractivity contribution is 0.0808. The summed E-state index contributed by atoms with van der Waals surface area (Å²) in [5.41, 5.74) is 0.400. The van der Waals surface area contributed by atoms with Gasteiger partial charge in [-0.2, -0.15) is 0 Å². The van der Waals surface area contributed by atoms with Gasteiger partial charge in [-0.3, -0.25) is 4.79 Å². The average molecular weight is 285 g/mol. The van der Waals surface area contributed by atoms with E-state index in [0.29, 0.717) is 11.2 Å². The van der Waals surface area contributed by atoms with Crippen molar-refractivity contribution in [2.24, 2.45) is 11.3 Å². The molecule has 3 heteroatoms. The maximum atomic E-state index is 12.2. The number of Topliss-reactive ketones (excluding diaryl/α,β-unsaturated/α-hetero) is 1. The van der Waals surface area contributed by atoms with E-state index in [9.17, 15) is 4.79 Å². The Morgan fingerprint density at radius 1 is 1.44 bits per heavy atom. The Morgan fingerprint density at radius 3 is 2.56 bits per heavy atom. The first-order valence-electron chi connectivity index (χ1n) is 5.77. The van der Waals surface area contributed by atoms with Crippen LogP contribution in [0.1, 0.15) is 50.1 Å². The summed E-state index contributed by atoms with van der Waals surface area (Å²) in [6.07, 6.45) is 5.78. The van der Waals surface area contributed by atoms with Gasteiger partial charge in [0.25, 0.3) is 0 Å². The van der Waals surface area contributed by atoms with Crippen LogP contribution in [0.2, 0.25) is 0 Å². The standard InChI is InChI=1S/C13H17BrO2/c1-13(2)6-3-9(4-7-13)11(15)12-10(14)5-8-16-12/h5,8-9H,3-4,6-7H2,1-2H3. The largest absolute Gasteiger partial charge is 0.460 e. The molecule has 0 aromatic carbocycles. The molecule has 0 aliphatic heterocycles. The van der Waals surface area contributed by atoms with Gasteiger partial charge >= 0.3 is 0 Å². The van der Waals surface area contributed by atoms with Crippen molar-refractivity contribution in [3.05, 3.63) is 22.6 Å². The highest BCUT2D eigenvalue weighted by molar-refractivity contribution is 9.10. The number of furan rings is 1. The number of carbonyl (C=O) groups excluding carboxylic acids is 1. The van der Waals surface area contributed by atoms with Crippen molar-refractivity contribution >= 4 is 21.7 Å². The van der Waals surface area contributed by atoms with Crippen LogP contribution in [0, 0.1) is 11.3 Å². The predicted molar refractivity (Wildman–Crippen MR) is 66.5 cm³/mol. The lowest BCUT2D eigenvalue weighted by Crippen LogP contribution is -2.26. The van der Waals surface area contributed by atoms with Gasteiger partial charge in [0.1, 0.15) is 0 Å². The minimum absolute atomic E-state index is 0.149. The number of halogens is 1. The molecular weight excluding hydrogens is 268 g/mol. The normalized spacial score (nSPS) is 20.9. The second-order valence-corrected chi connectivity index (χ2v) is 6.25. The quantitative estimate of drug-likeness (QED) is 0.752. The summed E-state index contributed by atoms with van der Waals surface area (Å²) >= 11 is 3.34. The molecule has 1 aromatic heterocycles. The van der Waals surface area contributed by atoms with Crippen molar-refractivity contribution in [3.8, 4) is 0 Å². The van der Waals surface area contributed by atoms with E-state index in [1.54, 1.807) is 12.3 Å². The van der Waals surface area contributed by atoms with E-state index in [-0.39, 0.29) is 11.7 Å². The van der Waals surface area contributed by atoms with E-state index in [0.717, 1.165) is 30.2 Å². The van der Waals surface area contributed by atoms with Gasteiger partial charge in [0.05, 0.1) is 10.7 Å². The van der Waals surface area contributed by atoms with E-state index in [1.165, 1.54) is 0 Å². The van der Waals surface area contributed by atoms with E-state index in [2.05, 4.69) is 29.8 Å². The van der Waals surface area contributed by atoms with Gasteiger partial charge in [0.15, 0.2) is 5.76 Å². The number of hydrogen-bond acceptors (Lipinski definition) is 2. The molecule has 2 rings (SSSR count). The smallest absolute Gasteiger partial charge is 0.202 e. The fraction of sp³-hybridized carbons (Fsp3) is 0.615. The van der Waals surface area contributed by atoms with Crippen LogP contribution in [0.15, 0.2) is 21.2 Å². The molecule has 0 N–H and O–H groups in total. The van der Waals surface area contributed by atoms with E-state index >= 15 is 0 Å². The molecule has 1 aliphatic rings. The molecule has 0 unspecified atom stereocenters. The highest BCUT2D eigenvalue weighted by Crippen LogP contribution is 2.39. The number of ketones is 1. The Labute approximate surface area is 105 Å². The zero-order chi connectivity index (χ0) is 11.8. The van der Waals surface area contributed by atoms with Crippen molar-refractivity contribution in [2.75, 3.05) is 0 Å². The lowest BCUT2D eigenvalue weighted by atomic mass is 9.72. The maximum Gasteiger partial charge on any atom is 0.202 e. The third-order valence-electron chi connectivity index (χ3n) is 3.55. The molecule has 0 radical (unpaired) electrons. The van der Waals surface area contributed by atoms with E-state index in [1.807, 2.05) is 0 Å².